The van der Waals surface area contributed by atoms with Gasteiger partial charge in [-0.15, -0.1) is 11.3 Å². The number of rotatable bonds is 8. The molecule has 5 rings (SSSR count). The zero-order valence-electron chi connectivity index (χ0n) is 21.0. The van der Waals surface area contributed by atoms with Gasteiger partial charge in [-0.25, -0.2) is 23.4 Å². The molecule has 5 aromatic rings. The van der Waals surface area contributed by atoms with E-state index >= 15 is 0 Å². The van der Waals surface area contributed by atoms with Gasteiger partial charge in [-0.05, 0) is 67.9 Å². The highest BCUT2D eigenvalue weighted by Gasteiger charge is 2.17. The van der Waals surface area contributed by atoms with Crippen molar-refractivity contribution in [3.05, 3.63) is 83.4 Å². The van der Waals surface area contributed by atoms with E-state index in [-0.39, 0.29) is 5.75 Å². The molecule has 194 valence electrons. The minimum Gasteiger partial charge on any atom is -0.455 e. The summed E-state index contributed by atoms with van der Waals surface area (Å²) in [6.07, 6.45) is 6.04. The number of pyridine rings is 1. The van der Waals surface area contributed by atoms with Gasteiger partial charge in [0.1, 0.15) is 38.5 Å². The van der Waals surface area contributed by atoms with E-state index in [4.69, 9.17) is 10.5 Å². The maximum absolute atomic E-state index is 11.6. The highest BCUT2D eigenvalue weighted by Crippen LogP contribution is 2.33. The molecule has 0 aliphatic heterocycles. The molecule has 0 aliphatic carbocycles. The van der Waals surface area contributed by atoms with Crippen molar-refractivity contribution in [1.29, 1.82) is 0 Å². The van der Waals surface area contributed by atoms with Crippen molar-refractivity contribution in [2.75, 3.05) is 17.3 Å². The van der Waals surface area contributed by atoms with Crippen LogP contribution in [0.1, 0.15) is 22.2 Å². The van der Waals surface area contributed by atoms with Gasteiger partial charge in [0.2, 0.25) is 0 Å². The lowest BCUT2D eigenvalue weighted by Crippen LogP contribution is -2.19. The predicted molar refractivity (Wildman–Crippen MR) is 151 cm³/mol. The SMILES string of the molecule is Cc1ccc(Oc2ccc(Nc3ncnc4ccc(-c5ncc(C(N)CS(C)(=O)=O)s5)cc34)cc2C)cn1. The molecule has 11 heteroatoms. The number of nitrogens with one attached hydrogen (secondary N) is 1. The summed E-state index contributed by atoms with van der Waals surface area (Å²) in [4.78, 5) is 18.3. The Hall–Kier alpha value is -3.93. The van der Waals surface area contributed by atoms with Gasteiger partial charge >= 0.3 is 0 Å². The summed E-state index contributed by atoms with van der Waals surface area (Å²) in [7, 11) is -3.20. The quantitative estimate of drug-likeness (QED) is 0.264. The van der Waals surface area contributed by atoms with Crippen molar-refractivity contribution >= 4 is 43.6 Å². The van der Waals surface area contributed by atoms with E-state index in [0.717, 1.165) is 44.2 Å². The number of anilines is 2. The van der Waals surface area contributed by atoms with Gasteiger partial charge in [0.15, 0.2) is 0 Å². The van der Waals surface area contributed by atoms with E-state index in [1.54, 1.807) is 12.4 Å². The molecule has 9 nitrogen and oxygen atoms in total. The van der Waals surface area contributed by atoms with Gasteiger partial charge in [0.25, 0.3) is 0 Å². The number of aryl methyl sites for hydroxylation is 2. The van der Waals surface area contributed by atoms with E-state index in [2.05, 4.69) is 25.3 Å². The second-order valence-electron chi connectivity index (χ2n) is 9.06. The van der Waals surface area contributed by atoms with Crippen LogP contribution in [0, 0.1) is 13.8 Å². The van der Waals surface area contributed by atoms with Gasteiger partial charge in [-0.1, -0.05) is 0 Å². The first kappa shape index (κ1) is 25.7. The number of thiazole rings is 1. The number of fused-ring (bicyclic) bond motifs is 1. The van der Waals surface area contributed by atoms with Crippen LogP contribution in [0.2, 0.25) is 0 Å². The van der Waals surface area contributed by atoms with Gasteiger partial charge in [-0.2, -0.15) is 0 Å². The number of hydrogen-bond donors (Lipinski definition) is 2. The van der Waals surface area contributed by atoms with Crippen LogP contribution in [-0.2, 0) is 9.84 Å². The van der Waals surface area contributed by atoms with Crippen molar-refractivity contribution in [1.82, 2.24) is 19.9 Å². The average Bonchev–Trinajstić information content (AvgIpc) is 3.37. The van der Waals surface area contributed by atoms with Gasteiger partial charge in [0, 0.05) is 39.7 Å². The van der Waals surface area contributed by atoms with Crippen LogP contribution in [0.5, 0.6) is 11.5 Å². The third kappa shape index (κ3) is 5.96. The number of hydrogen-bond acceptors (Lipinski definition) is 10. The van der Waals surface area contributed by atoms with E-state index in [9.17, 15) is 8.42 Å². The van der Waals surface area contributed by atoms with Crippen LogP contribution < -0.4 is 15.8 Å². The molecule has 1 atom stereocenters. The molecule has 0 amide bonds. The monoisotopic (exact) mass is 546 g/mol. The fraction of sp³-hybridized carbons (Fsp3) is 0.185. The third-order valence-corrected chi connectivity index (χ3v) is 7.95. The Morgan fingerprint density at radius 3 is 2.58 bits per heavy atom. The van der Waals surface area contributed by atoms with E-state index < -0.39 is 15.9 Å². The number of sulfone groups is 1. The van der Waals surface area contributed by atoms with Gasteiger partial charge in [-0.3, -0.25) is 4.98 Å². The maximum atomic E-state index is 11.6. The summed E-state index contributed by atoms with van der Waals surface area (Å²) in [5.74, 6) is 1.94. The molecule has 3 heterocycles. The second-order valence-corrected chi connectivity index (χ2v) is 12.3. The molecule has 38 heavy (non-hydrogen) atoms. The molecule has 0 spiro atoms. The number of nitrogens with zero attached hydrogens (tertiary/aromatic N) is 4. The minimum atomic E-state index is -3.20. The molecule has 0 saturated heterocycles. The number of aromatic nitrogens is 4. The highest BCUT2D eigenvalue weighted by molar-refractivity contribution is 7.90. The van der Waals surface area contributed by atoms with E-state index in [0.29, 0.717) is 16.4 Å². The molecule has 2 aromatic carbocycles. The lowest BCUT2D eigenvalue weighted by Gasteiger charge is -2.13. The first-order valence-electron chi connectivity index (χ1n) is 11.8. The van der Waals surface area contributed by atoms with Crippen molar-refractivity contribution in [2.45, 2.75) is 19.9 Å². The lowest BCUT2D eigenvalue weighted by atomic mass is 10.1. The molecule has 0 bridgehead atoms. The Labute approximate surface area is 224 Å². The van der Waals surface area contributed by atoms with Crippen LogP contribution in [0.4, 0.5) is 11.5 Å². The first-order chi connectivity index (χ1) is 18.1. The smallest absolute Gasteiger partial charge is 0.149 e. The van der Waals surface area contributed by atoms with Crippen LogP contribution in [0.15, 0.2) is 67.3 Å². The fourth-order valence-corrected chi connectivity index (χ4v) is 5.76. The summed E-state index contributed by atoms with van der Waals surface area (Å²) in [5, 5.41) is 4.96. The average molecular weight is 547 g/mol. The first-order valence-corrected chi connectivity index (χ1v) is 14.6. The Bertz CT molecular complexity index is 1720. The summed E-state index contributed by atoms with van der Waals surface area (Å²) in [6, 6.07) is 14.8. The van der Waals surface area contributed by atoms with Gasteiger partial charge in [0.05, 0.1) is 23.5 Å². The second kappa shape index (κ2) is 10.4. The standard InChI is InChI=1S/C27H26N6O3S2/c1-16-10-19(6-9-24(16)36-20-7-4-17(2)29-12-20)33-26-21-11-18(5-8-23(21)31-15-32-26)27-30-13-25(37-27)22(28)14-38(3,34)35/h4-13,15,22H,14,28H2,1-3H3,(H,31,32,33). The van der Waals surface area contributed by atoms with Crippen LogP contribution >= 0.6 is 11.3 Å². The Balaban J connectivity index is 1.39. The molecule has 3 aromatic heterocycles. The van der Waals surface area contributed by atoms with Gasteiger partial charge < -0.3 is 15.8 Å². The molecule has 0 saturated carbocycles. The van der Waals surface area contributed by atoms with E-state index in [1.807, 2.05) is 62.4 Å². The summed E-state index contributed by atoms with van der Waals surface area (Å²) in [5.41, 5.74) is 10.5. The number of nitrogens with two attached hydrogens (primary N) is 1. The highest BCUT2D eigenvalue weighted by atomic mass is 32.2. The summed E-state index contributed by atoms with van der Waals surface area (Å²) >= 11 is 1.38. The Morgan fingerprint density at radius 2 is 1.84 bits per heavy atom. The van der Waals surface area contributed by atoms with Crippen molar-refractivity contribution < 1.29 is 13.2 Å². The topological polar surface area (TPSA) is 133 Å². The van der Waals surface area contributed by atoms with Crippen LogP contribution in [0.3, 0.4) is 0 Å². The number of ether oxygens (including phenoxy) is 1. The zero-order chi connectivity index (χ0) is 26.9. The summed E-state index contributed by atoms with van der Waals surface area (Å²) in [6.45, 7) is 3.91. The van der Waals surface area contributed by atoms with Crippen molar-refractivity contribution in [3.63, 3.8) is 0 Å². The lowest BCUT2D eigenvalue weighted by molar-refractivity contribution is 0.476. The fourth-order valence-electron chi connectivity index (χ4n) is 3.91. The summed E-state index contributed by atoms with van der Waals surface area (Å²) < 4.78 is 29.3. The Morgan fingerprint density at radius 1 is 1.00 bits per heavy atom. The normalized spacial score (nSPS) is 12.4. The molecule has 0 aliphatic rings. The van der Waals surface area contributed by atoms with Crippen LogP contribution in [0.25, 0.3) is 21.5 Å². The largest absolute Gasteiger partial charge is 0.455 e. The van der Waals surface area contributed by atoms with E-state index in [1.165, 1.54) is 23.9 Å². The zero-order valence-corrected chi connectivity index (χ0v) is 22.7. The molecular formula is C27H26N6O3S2. The van der Waals surface area contributed by atoms with Crippen LogP contribution in [-0.4, -0.2) is 40.4 Å². The maximum Gasteiger partial charge on any atom is 0.149 e. The van der Waals surface area contributed by atoms with Crippen molar-refractivity contribution in [3.8, 4) is 22.1 Å². The predicted octanol–water partition coefficient (Wildman–Crippen LogP) is 5.35. The molecule has 3 N–H and O–H groups in total. The Kier molecular flexibility index (Phi) is 7.06. The molecule has 0 fully saturated rings. The minimum absolute atomic E-state index is 0.126. The molecule has 0 radical (unpaired) electrons. The molecular weight excluding hydrogens is 520 g/mol. The molecule has 1 unspecified atom stereocenters. The third-order valence-electron chi connectivity index (χ3n) is 5.80. The van der Waals surface area contributed by atoms with Crippen molar-refractivity contribution in [2.24, 2.45) is 5.73 Å². The number of benzene rings is 2.